The maximum atomic E-state index is 5.57. The molecule has 1 atom stereocenters. The second-order valence-corrected chi connectivity index (χ2v) is 4.83. The summed E-state index contributed by atoms with van der Waals surface area (Å²) in [6.45, 7) is 4.87. The highest BCUT2D eigenvalue weighted by Gasteiger charge is 2.08. The van der Waals surface area contributed by atoms with Crippen molar-refractivity contribution in [2.75, 3.05) is 26.0 Å². The van der Waals surface area contributed by atoms with Crippen molar-refractivity contribution in [2.24, 2.45) is 5.73 Å². The van der Waals surface area contributed by atoms with Crippen molar-refractivity contribution in [3.8, 4) is 0 Å². The molecule has 0 saturated carbocycles. The third-order valence-corrected chi connectivity index (χ3v) is 2.33. The van der Waals surface area contributed by atoms with Gasteiger partial charge in [-0.15, -0.1) is 0 Å². The van der Waals surface area contributed by atoms with Crippen molar-refractivity contribution in [1.29, 1.82) is 0 Å². The highest BCUT2D eigenvalue weighted by Crippen LogP contribution is 2.06. The Kier molecular flexibility index (Phi) is 4.77. The Balaban J connectivity index is 2.80. The molecule has 1 aromatic rings. The Bertz CT molecular complexity index is 405. The summed E-state index contributed by atoms with van der Waals surface area (Å²) in [6, 6.07) is 2.04. The molecular formula is C11H19N5S. The van der Waals surface area contributed by atoms with Crippen molar-refractivity contribution < 1.29 is 0 Å². The zero-order valence-electron chi connectivity index (χ0n) is 10.7. The largest absolute Gasteiger partial charge is 0.388 e. The molecule has 0 bridgehead atoms. The van der Waals surface area contributed by atoms with E-state index in [2.05, 4.69) is 27.1 Å². The molecule has 94 valence electrons. The van der Waals surface area contributed by atoms with Gasteiger partial charge in [-0.25, -0.2) is 9.97 Å². The number of nitrogens with zero attached hydrogens (tertiary/aromatic N) is 3. The molecule has 0 aromatic carbocycles. The maximum absolute atomic E-state index is 5.57. The van der Waals surface area contributed by atoms with Crippen molar-refractivity contribution in [1.82, 2.24) is 14.9 Å². The number of thiocarbonyl (C=S) groups is 1. The van der Waals surface area contributed by atoms with Crippen LogP contribution in [0.2, 0.25) is 0 Å². The van der Waals surface area contributed by atoms with Crippen LogP contribution in [0.25, 0.3) is 0 Å². The molecule has 1 rings (SSSR count). The minimum atomic E-state index is 0.256. The summed E-state index contributed by atoms with van der Waals surface area (Å²) in [4.78, 5) is 11.0. The topological polar surface area (TPSA) is 67.1 Å². The van der Waals surface area contributed by atoms with E-state index in [4.69, 9.17) is 18.0 Å². The predicted molar refractivity (Wildman–Crippen MR) is 74.3 cm³/mol. The van der Waals surface area contributed by atoms with Gasteiger partial charge in [0.05, 0.1) is 0 Å². The average molecular weight is 253 g/mol. The van der Waals surface area contributed by atoms with Crippen LogP contribution in [0.4, 0.5) is 5.95 Å². The molecule has 0 aliphatic carbocycles. The summed E-state index contributed by atoms with van der Waals surface area (Å²) in [5.41, 5.74) is 7.02. The van der Waals surface area contributed by atoms with Crippen LogP contribution in [0, 0.1) is 6.92 Å². The fourth-order valence-electron chi connectivity index (χ4n) is 1.57. The lowest BCUT2D eigenvalue weighted by Crippen LogP contribution is -2.30. The minimum Gasteiger partial charge on any atom is -0.388 e. The van der Waals surface area contributed by atoms with E-state index in [1.165, 1.54) is 0 Å². The first-order chi connectivity index (χ1) is 7.88. The van der Waals surface area contributed by atoms with Gasteiger partial charge in [-0.05, 0) is 34.0 Å². The smallest absolute Gasteiger partial charge is 0.223 e. The average Bonchev–Trinajstić information content (AvgIpc) is 2.14. The number of hydrogen-bond donors (Lipinski definition) is 2. The summed E-state index contributed by atoms with van der Waals surface area (Å²) < 4.78 is 0. The highest BCUT2D eigenvalue weighted by atomic mass is 32.1. The Morgan fingerprint density at radius 2 is 2.18 bits per heavy atom. The second kappa shape index (κ2) is 5.88. The lowest BCUT2D eigenvalue weighted by molar-refractivity contribution is 0.391. The van der Waals surface area contributed by atoms with Gasteiger partial charge in [-0.3, -0.25) is 0 Å². The first kappa shape index (κ1) is 13.8. The van der Waals surface area contributed by atoms with Crippen LogP contribution in [-0.2, 0) is 0 Å². The van der Waals surface area contributed by atoms with E-state index in [-0.39, 0.29) is 6.04 Å². The molecule has 0 radical (unpaired) electrons. The molecule has 0 aliphatic heterocycles. The quantitative estimate of drug-likeness (QED) is 0.756. The zero-order chi connectivity index (χ0) is 13.0. The Labute approximate surface area is 107 Å². The van der Waals surface area contributed by atoms with Crippen LogP contribution in [0.15, 0.2) is 6.07 Å². The van der Waals surface area contributed by atoms with Crippen LogP contribution in [-0.4, -0.2) is 46.5 Å². The predicted octanol–water partition coefficient (Wildman–Crippen LogP) is 0.781. The van der Waals surface area contributed by atoms with Gasteiger partial charge in [-0.1, -0.05) is 12.2 Å². The molecule has 6 heteroatoms. The Morgan fingerprint density at radius 3 is 2.71 bits per heavy atom. The summed E-state index contributed by atoms with van der Waals surface area (Å²) >= 11 is 4.92. The summed E-state index contributed by atoms with van der Waals surface area (Å²) in [6.07, 6.45) is 0. The molecule has 5 nitrogen and oxygen atoms in total. The van der Waals surface area contributed by atoms with Crippen molar-refractivity contribution in [3.05, 3.63) is 17.5 Å². The van der Waals surface area contributed by atoms with Crippen molar-refractivity contribution >= 4 is 23.2 Å². The van der Waals surface area contributed by atoms with Gasteiger partial charge >= 0.3 is 0 Å². The Morgan fingerprint density at radius 1 is 1.53 bits per heavy atom. The lowest BCUT2D eigenvalue weighted by Gasteiger charge is -2.18. The fourth-order valence-corrected chi connectivity index (χ4v) is 1.68. The number of nitrogens with one attached hydrogen (secondary N) is 1. The molecule has 0 aliphatic rings. The summed E-state index contributed by atoms with van der Waals surface area (Å²) in [5.74, 6) is 0.571. The third kappa shape index (κ3) is 4.62. The van der Waals surface area contributed by atoms with E-state index in [1.54, 1.807) is 6.07 Å². The molecule has 1 aromatic heterocycles. The van der Waals surface area contributed by atoms with Crippen LogP contribution in [0.3, 0.4) is 0 Å². The van der Waals surface area contributed by atoms with Crippen LogP contribution in [0.1, 0.15) is 18.3 Å². The maximum Gasteiger partial charge on any atom is 0.223 e. The molecule has 0 fully saturated rings. The van der Waals surface area contributed by atoms with Gasteiger partial charge in [0, 0.05) is 18.3 Å². The number of aryl methyl sites for hydroxylation is 1. The summed E-state index contributed by atoms with van der Waals surface area (Å²) in [7, 11) is 4.05. The van der Waals surface area contributed by atoms with E-state index in [0.29, 0.717) is 16.6 Å². The Hall–Kier alpha value is -1.27. The van der Waals surface area contributed by atoms with Gasteiger partial charge in [0.25, 0.3) is 0 Å². The number of anilines is 1. The monoisotopic (exact) mass is 253 g/mol. The first-order valence-corrected chi connectivity index (χ1v) is 5.86. The van der Waals surface area contributed by atoms with E-state index >= 15 is 0 Å². The number of rotatable bonds is 5. The van der Waals surface area contributed by atoms with E-state index in [0.717, 1.165) is 12.2 Å². The standard InChI is InChI=1S/C11H19N5S/c1-7-5-9(10(12)17)15-11(13-7)14-8(2)6-16(3)4/h5,8H,6H2,1-4H3,(H2,12,17)(H,13,14,15). The number of likely N-dealkylation sites (N-methyl/N-ethyl adjacent to an activating group) is 1. The molecule has 0 spiro atoms. The van der Waals surface area contributed by atoms with Crippen molar-refractivity contribution in [3.63, 3.8) is 0 Å². The van der Waals surface area contributed by atoms with Crippen LogP contribution < -0.4 is 11.1 Å². The molecule has 17 heavy (non-hydrogen) atoms. The van der Waals surface area contributed by atoms with Gasteiger partial charge in [0.1, 0.15) is 10.7 Å². The molecule has 3 N–H and O–H groups in total. The number of aromatic nitrogens is 2. The molecule has 1 unspecified atom stereocenters. The van der Waals surface area contributed by atoms with Gasteiger partial charge in [0.15, 0.2) is 0 Å². The van der Waals surface area contributed by atoms with Gasteiger partial charge < -0.3 is 16.0 Å². The van der Waals surface area contributed by atoms with Crippen LogP contribution in [0.5, 0.6) is 0 Å². The van der Waals surface area contributed by atoms with Crippen molar-refractivity contribution in [2.45, 2.75) is 19.9 Å². The van der Waals surface area contributed by atoms with E-state index in [9.17, 15) is 0 Å². The highest BCUT2D eigenvalue weighted by molar-refractivity contribution is 7.80. The molecule has 1 heterocycles. The minimum absolute atomic E-state index is 0.256. The molecule has 0 saturated heterocycles. The van der Waals surface area contributed by atoms with E-state index in [1.807, 2.05) is 21.0 Å². The van der Waals surface area contributed by atoms with Gasteiger partial charge in [0.2, 0.25) is 5.95 Å². The number of nitrogens with two attached hydrogens (primary N) is 1. The zero-order valence-corrected chi connectivity index (χ0v) is 11.5. The second-order valence-electron chi connectivity index (χ2n) is 4.39. The molecular weight excluding hydrogens is 234 g/mol. The third-order valence-electron chi connectivity index (χ3n) is 2.12. The normalized spacial score (nSPS) is 12.5. The van der Waals surface area contributed by atoms with Gasteiger partial charge in [-0.2, -0.15) is 0 Å². The first-order valence-electron chi connectivity index (χ1n) is 5.45. The van der Waals surface area contributed by atoms with E-state index < -0.39 is 0 Å². The molecule has 0 amide bonds. The summed E-state index contributed by atoms with van der Waals surface area (Å²) in [5, 5.41) is 3.23. The fraction of sp³-hybridized carbons (Fsp3) is 0.545. The van der Waals surface area contributed by atoms with Crippen LogP contribution >= 0.6 is 12.2 Å². The lowest BCUT2D eigenvalue weighted by atomic mass is 10.3. The SMILES string of the molecule is Cc1cc(C(N)=S)nc(NC(C)CN(C)C)n1. The number of hydrogen-bond acceptors (Lipinski definition) is 5.